The molecule has 0 saturated carbocycles. The molecule has 0 unspecified atom stereocenters. The largest absolute Gasteiger partial charge is 0.325 e. The van der Waals surface area contributed by atoms with Gasteiger partial charge in [0.25, 0.3) is 5.56 Å². The second-order valence-corrected chi connectivity index (χ2v) is 4.28. The van der Waals surface area contributed by atoms with E-state index < -0.39 is 0 Å². The van der Waals surface area contributed by atoms with Crippen LogP contribution < -0.4 is 10.5 Å². The third kappa shape index (κ3) is 2.24. The molecular weight excluding hydrogens is 250 g/mol. The van der Waals surface area contributed by atoms with E-state index in [-0.39, 0.29) is 10.6 Å². The summed E-state index contributed by atoms with van der Waals surface area (Å²) >= 11 is 6.02. The monoisotopic (exact) mass is 263 g/mol. The van der Waals surface area contributed by atoms with Gasteiger partial charge in [-0.1, -0.05) is 29.8 Å². The van der Waals surface area contributed by atoms with Gasteiger partial charge in [0.2, 0.25) is 0 Å². The first-order chi connectivity index (χ1) is 8.65. The second kappa shape index (κ2) is 5.23. The second-order valence-electron chi connectivity index (χ2n) is 3.90. The number of halogens is 1. The Morgan fingerprint density at radius 3 is 2.78 bits per heavy atom. The van der Waals surface area contributed by atoms with Crippen molar-refractivity contribution in [3.63, 3.8) is 0 Å². The lowest BCUT2D eigenvalue weighted by Crippen LogP contribution is -2.22. The molecule has 94 valence electrons. The minimum Gasteiger partial charge on any atom is -0.325 e. The Hall–Kier alpha value is -1.81. The van der Waals surface area contributed by atoms with Crippen LogP contribution in [0.15, 0.2) is 35.4 Å². The molecule has 2 aromatic rings. The third-order valence-electron chi connectivity index (χ3n) is 2.76. The number of benzene rings is 1. The van der Waals surface area contributed by atoms with Crippen LogP contribution in [0.1, 0.15) is 12.5 Å². The lowest BCUT2D eigenvalue weighted by Gasteiger charge is -2.24. The quantitative estimate of drug-likeness (QED) is 0.926. The summed E-state index contributed by atoms with van der Waals surface area (Å²) in [6.07, 6.45) is 1.37. The van der Waals surface area contributed by atoms with Crippen molar-refractivity contribution in [1.82, 2.24) is 9.97 Å². The number of aryl methyl sites for hydroxylation is 1. The number of nitrogens with zero attached hydrogens (tertiary/aromatic N) is 2. The molecule has 1 aromatic heterocycles. The van der Waals surface area contributed by atoms with E-state index in [1.165, 1.54) is 6.33 Å². The molecule has 0 atom stereocenters. The van der Waals surface area contributed by atoms with Crippen LogP contribution in [-0.2, 0) is 0 Å². The molecule has 0 radical (unpaired) electrons. The van der Waals surface area contributed by atoms with Crippen LogP contribution in [0.2, 0.25) is 5.02 Å². The SMILES string of the molecule is CCN(c1ccccc1C)c1nc[nH]c(=O)c1Cl. The van der Waals surface area contributed by atoms with E-state index in [2.05, 4.69) is 9.97 Å². The summed E-state index contributed by atoms with van der Waals surface area (Å²) in [6, 6.07) is 7.92. The fourth-order valence-corrected chi connectivity index (χ4v) is 2.07. The van der Waals surface area contributed by atoms with Crippen LogP contribution in [0.25, 0.3) is 0 Å². The van der Waals surface area contributed by atoms with Crippen molar-refractivity contribution in [1.29, 1.82) is 0 Å². The molecular formula is C13H14ClN3O. The molecule has 0 saturated heterocycles. The number of para-hydroxylation sites is 1. The van der Waals surface area contributed by atoms with Crippen molar-refractivity contribution < 1.29 is 0 Å². The van der Waals surface area contributed by atoms with Crippen molar-refractivity contribution in [2.24, 2.45) is 0 Å². The number of hydrogen-bond donors (Lipinski definition) is 1. The molecule has 1 N–H and O–H groups in total. The average Bonchev–Trinajstić information content (AvgIpc) is 2.37. The summed E-state index contributed by atoms with van der Waals surface area (Å²) in [5.74, 6) is 0.484. The molecule has 1 heterocycles. The Balaban J connectivity index is 2.56. The van der Waals surface area contributed by atoms with Crippen molar-refractivity contribution in [2.75, 3.05) is 11.4 Å². The van der Waals surface area contributed by atoms with Gasteiger partial charge in [-0.15, -0.1) is 0 Å². The predicted octanol–water partition coefficient (Wildman–Crippen LogP) is 2.89. The first-order valence-electron chi connectivity index (χ1n) is 5.71. The summed E-state index contributed by atoms with van der Waals surface area (Å²) < 4.78 is 0. The van der Waals surface area contributed by atoms with E-state index in [1.54, 1.807) is 0 Å². The molecule has 2 rings (SSSR count). The standard InChI is InChI=1S/C13H14ClN3O/c1-3-17(10-7-5-4-6-9(10)2)12-11(14)13(18)16-8-15-12/h4-8H,3H2,1-2H3,(H,15,16,18). The third-order valence-corrected chi connectivity index (χ3v) is 3.10. The van der Waals surface area contributed by atoms with Gasteiger partial charge in [0.05, 0.1) is 6.33 Å². The molecule has 18 heavy (non-hydrogen) atoms. The van der Waals surface area contributed by atoms with E-state index in [0.29, 0.717) is 12.4 Å². The molecule has 0 aliphatic rings. The van der Waals surface area contributed by atoms with Gasteiger partial charge in [-0.05, 0) is 25.5 Å². The fourth-order valence-electron chi connectivity index (χ4n) is 1.86. The van der Waals surface area contributed by atoms with E-state index in [9.17, 15) is 4.79 Å². The molecule has 0 aliphatic carbocycles. The van der Waals surface area contributed by atoms with E-state index in [4.69, 9.17) is 11.6 Å². The van der Waals surface area contributed by atoms with Gasteiger partial charge in [0.15, 0.2) is 5.82 Å². The molecule has 1 aromatic carbocycles. The molecule has 4 nitrogen and oxygen atoms in total. The lowest BCUT2D eigenvalue weighted by molar-refractivity contribution is 0.962. The molecule has 0 fully saturated rings. The van der Waals surface area contributed by atoms with Gasteiger partial charge in [0, 0.05) is 12.2 Å². The summed E-state index contributed by atoms with van der Waals surface area (Å²) in [6.45, 7) is 4.69. The highest BCUT2D eigenvalue weighted by molar-refractivity contribution is 6.32. The Morgan fingerprint density at radius 1 is 1.39 bits per heavy atom. The Labute approximate surface area is 110 Å². The van der Waals surface area contributed by atoms with Gasteiger partial charge in [-0.2, -0.15) is 0 Å². The number of hydrogen-bond acceptors (Lipinski definition) is 3. The predicted molar refractivity (Wildman–Crippen MR) is 73.7 cm³/mol. The van der Waals surface area contributed by atoms with Gasteiger partial charge < -0.3 is 9.88 Å². The molecule has 0 spiro atoms. The number of aromatic nitrogens is 2. The Kier molecular flexibility index (Phi) is 3.67. The van der Waals surface area contributed by atoms with Crippen molar-refractivity contribution in [2.45, 2.75) is 13.8 Å². The fraction of sp³-hybridized carbons (Fsp3) is 0.231. The maximum atomic E-state index is 11.5. The minimum atomic E-state index is -0.325. The molecule has 5 heteroatoms. The first-order valence-corrected chi connectivity index (χ1v) is 6.09. The van der Waals surface area contributed by atoms with Crippen LogP contribution >= 0.6 is 11.6 Å². The summed E-state index contributed by atoms with van der Waals surface area (Å²) in [5, 5.41) is 0.114. The average molecular weight is 264 g/mol. The molecule has 0 aliphatic heterocycles. The van der Waals surface area contributed by atoms with Crippen LogP contribution in [-0.4, -0.2) is 16.5 Å². The highest BCUT2D eigenvalue weighted by Gasteiger charge is 2.15. The summed E-state index contributed by atoms with van der Waals surface area (Å²) in [5.41, 5.74) is 1.78. The number of nitrogens with one attached hydrogen (secondary N) is 1. The van der Waals surface area contributed by atoms with E-state index in [0.717, 1.165) is 11.3 Å². The number of anilines is 2. The Morgan fingerprint density at radius 2 is 2.11 bits per heavy atom. The van der Waals surface area contributed by atoms with Crippen molar-refractivity contribution in [3.8, 4) is 0 Å². The van der Waals surface area contributed by atoms with Crippen LogP contribution in [0.5, 0.6) is 0 Å². The van der Waals surface area contributed by atoms with Crippen LogP contribution in [0.4, 0.5) is 11.5 Å². The van der Waals surface area contributed by atoms with Gasteiger partial charge in [0.1, 0.15) is 5.02 Å². The normalized spacial score (nSPS) is 10.4. The van der Waals surface area contributed by atoms with Gasteiger partial charge in [-0.3, -0.25) is 4.79 Å². The zero-order valence-electron chi connectivity index (χ0n) is 10.3. The van der Waals surface area contributed by atoms with Gasteiger partial charge in [-0.25, -0.2) is 4.98 Å². The minimum absolute atomic E-state index is 0.114. The number of H-pyrrole nitrogens is 1. The number of aromatic amines is 1. The summed E-state index contributed by atoms with van der Waals surface area (Å²) in [4.78, 5) is 20.1. The smallest absolute Gasteiger partial charge is 0.271 e. The van der Waals surface area contributed by atoms with Crippen LogP contribution in [0.3, 0.4) is 0 Å². The summed E-state index contributed by atoms with van der Waals surface area (Å²) in [7, 11) is 0. The Bertz CT molecular complexity index is 609. The van der Waals surface area contributed by atoms with Crippen molar-refractivity contribution in [3.05, 3.63) is 51.5 Å². The topological polar surface area (TPSA) is 49.0 Å². The zero-order valence-corrected chi connectivity index (χ0v) is 11.0. The van der Waals surface area contributed by atoms with Gasteiger partial charge >= 0.3 is 0 Å². The first kappa shape index (κ1) is 12.6. The number of rotatable bonds is 3. The van der Waals surface area contributed by atoms with Crippen molar-refractivity contribution >= 4 is 23.1 Å². The highest BCUT2D eigenvalue weighted by atomic mass is 35.5. The highest BCUT2D eigenvalue weighted by Crippen LogP contribution is 2.29. The van der Waals surface area contributed by atoms with E-state index >= 15 is 0 Å². The maximum absolute atomic E-state index is 11.5. The van der Waals surface area contributed by atoms with E-state index in [1.807, 2.05) is 43.0 Å². The molecule has 0 bridgehead atoms. The lowest BCUT2D eigenvalue weighted by atomic mass is 10.2. The van der Waals surface area contributed by atoms with Crippen LogP contribution in [0, 0.1) is 6.92 Å². The molecule has 0 amide bonds. The zero-order chi connectivity index (χ0) is 13.1. The maximum Gasteiger partial charge on any atom is 0.271 e.